The number of aliphatic hydroxyl groups is 1. The van der Waals surface area contributed by atoms with E-state index in [1.54, 1.807) is 7.05 Å². The van der Waals surface area contributed by atoms with Crippen molar-refractivity contribution < 1.29 is 14.6 Å². The number of hydrogen-bond donors (Lipinski definition) is 1. The highest BCUT2D eigenvalue weighted by molar-refractivity contribution is 5.67. The van der Waals surface area contributed by atoms with Crippen LogP contribution in [0, 0.1) is 11.8 Å². The standard InChI is InChI=1S/C11H20N2O3/c1-12(8-6-10-14)7-4-5-9-13(2)11(15)16-3/h14H,6-10H2,1-3H3. The molecule has 0 atom stereocenters. The number of aliphatic hydroxyl groups excluding tert-OH is 1. The van der Waals surface area contributed by atoms with Gasteiger partial charge in [-0.3, -0.25) is 4.90 Å². The summed E-state index contributed by atoms with van der Waals surface area (Å²) in [6.45, 7) is 2.01. The zero-order valence-electron chi connectivity index (χ0n) is 10.2. The molecule has 0 bridgehead atoms. The summed E-state index contributed by atoms with van der Waals surface area (Å²) in [6.07, 6.45) is 0.364. The van der Waals surface area contributed by atoms with Crippen LogP contribution in [-0.2, 0) is 4.74 Å². The van der Waals surface area contributed by atoms with E-state index in [0.29, 0.717) is 13.1 Å². The Bertz CT molecular complexity index is 258. The lowest BCUT2D eigenvalue weighted by Gasteiger charge is -2.12. The van der Waals surface area contributed by atoms with E-state index in [1.165, 1.54) is 12.0 Å². The number of methoxy groups -OCH3 is 1. The fourth-order valence-electron chi connectivity index (χ4n) is 1.01. The molecule has 0 spiro atoms. The average molecular weight is 228 g/mol. The van der Waals surface area contributed by atoms with E-state index in [0.717, 1.165) is 13.0 Å². The molecule has 0 radical (unpaired) electrons. The third-order valence-corrected chi connectivity index (χ3v) is 1.97. The molecule has 0 aromatic rings. The first-order valence-corrected chi connectivity index (χ1v) is 5.16. The van der Waals surface area contributed by atoms with Gasteiger partial charge in [0.2, 0.25) is 0 Å². The van der Waals surface area contributed by atoms with E-state index >= 15 is 0 Å². The van der Waals surface area contributed by atoms with Crippen molar-refractivity contribution >= 4 is 6.09 Å². The highest BCUT2D eigenvalue weighted by Gasteiger charge is 2.04. The fourth-order valence-corrected chi connectivity index (χ4v) is 1.01. The SMILES string of the molecule is COC(=O)N(C)CC#CCN(C)CCCO. The summed E-state index contributed by atoms with van der Waals surface area (Å²) >= 11 is 0. The summed E-state index contributed by atoms with van der Waals surface area (Å²) in [5.41, 5.74) is 0. The van der Waals surface area contributed by atoms with Gasteiger partial charge in [-0.05, 0) is 13.5 Å². The minimum Gasteiger partial charge on any atom is -0.453 e. The van der Waals surface area contributed by atoms with Crippen molar-refractivity contribution in [1.29, 1.82) is 0 Å². The minimum atomic E-state index is -0.386. The number of hydrogen-bond acceptors (Lipinski definition) is 4. The molecule has 0 aliphatic heterocycles. The second-order valence-electron chi connectivity index (χ2n) is 3.49. The van der Waals surface area contributed by atoms with Crippen molar-refractivity contribution in [2.75, 3.05) is 47.4 Å². The van der Waals surface area contributed by atoms with Gasteiger partial charge in [0.05, 0.1) is 20.2 Å². The van der Waals surface area contributed by atoms with Crippen LogP contribution in [0.25, 0.3) is 0 Å². The van der Waals surface area contributed by atoms with Crippen LogP contribution in [0.3, 0.4) is 0 Å². The maximum Gasteiger partial charge on any atom is 0.410 e. The molecule has 0 saturated carbocycles. The third kappa shape index (κ3) is 7.10. The van der Waals surface area contributed by atoms with Crippen LogP contribution in [0.1, 0.15) is 6.42 Å². The van der Waals surface area contributed by atoms with Gasteiger partial charge in [0.1, 0.15) is 0 Å². The molecule has 5 heteroatoms. The van der Waals surface area contributed by atoms with Gasteiger partial charge in [0.15, 0.2) is 0 Å². The van der Waals surface area contributed by atoms with Crippen LogP contribution in [0.2, 0.25) is 0 Å². The van der Waals surface area contributed by atoms with E-state index in [9.17, 15) is 4.79 Å². The molecule has 5 nitrogen and oxygen atoms in total. The molecule has 0 rings (SSSR count). The van der Waals surface area contributed by atoms with Crippen LogP contribution < -0.4 is 0 Å². The number of carbonyl (C=O) groups is 1. The molecule has 0 aliphatic rings. The summed E-state index contributed by atoms with van der Waals surface area (Å²) in [5.74, 6) is 5.83. The van der Waals surface area contributed by atoms with Crippen molar-refractivity contribution in [3.63, 3.8) is 0 Å². The van der Waals surface area contributed by atoms with Crippen molar-refractivity contribution in [2.45, 2.75) is 6.42 Å². The predicted molar refractivity (Wildman–Crippen MR) is 62.0 cm³/mol. The lowest BCUT2D eigenvalue weighted by atomic mass is 10.4. The summed E-state index contributed by atoms with van der Waals surface area (Å²) in [6, 6.07) is 0. The van der Waals surface area contributed by atoms with E-state index in [1.807, 2.05) is 11.9 Å². The monoisotopic (exact) mass is 228 g/mol. The Balaban J connectivity index is 3.72. The molecule has 0 aromatic carbocycles. The second-order valence-corrected chi connectivity index (χ2v) is 3.49. The van der Waals surface area contributed by atoms with E-state index < -0.39 is 0 Å². The smallest absolute Gasteiger partial charge is 0.410 e. The van der Waals surface area contributed by atoms with Gasteiger partial charge in [-0.1, -0.05) is 11.8 Å². The van der Waals surface area contributed by atoms with Gasteiger partial charge in [0.25, 0.3) is 0 Å². The van der Waals surface area contributed by atoms with Crippen molar-refractivity contribution in [3.05, 3.63) is 0 Å². The van der Waals surface area contributed by atoms with Crippen LogP contribution in [0.15, 0.2) is 0 Å². The molecular formula is C11H20N2O3. The summed E-state index contributed by atoms with van der Waals surface area (Å²) in [5, 5.41) is 8.63. The van der Waals surface area contributed by atoms with Crippen molar-refractivity contribution in [2.24, 2.45) is 0 Å². The average Bonchev–Trinajstić information content (AvgIpc) is 2.30. The van der Waals surface area contributed by atoms with E-state index in [4.69, 9.17) is 5.11 Å². The highest BCUT2D eigenvalue weighted by Crippen LogP contribution is 1.87. The van der Waals surface area contributed by atoms with Gasteiger partial charge >= 0.3 is 6.09 Å². The Morgan fingerprint density at radius 1 is 1.31 bits per heavy atom. The second kappa shape index (κ2) is 9.01. The summed E-state index contributed by atoms with van der Waals surface area (Å²) in [4.78, 5) is 14.4. The molecule has 0 saturated heterocycles. The lowest BCUT2D eigenvalue weighted by Crippen LogP contribution is -2.27. The summed E-state index contributed by atoms with van der Waals surface area (Å²) < 4.78 is 4.52. The zero-order chi connectivity index (χ0) is 12.4. The molecule has 92 valence electrons. The van der Waals surface area contributed by atoms with Crippen molar-refractivity contribution in [1.82, 2.24) is 9.80 Å². The Morgan fingerprint density at radius 2 is 1.94 bits per heavy atom. The molecule has 1 N–H and O–H groups in total. The topological polar surface area (TPSA) is 53.0 Å². The molecule has 0 aliphatic carbocycles. The Labute approximate surface area is 97.0 Å². The van der Waals surface area contributed by atoms with Gasteiger partial charge in [0, 0.05) is 20.2 Å². The van der Waals surface area contributed by atoms with Crippen LogP contribution in [0.4, 0.5) is 4.79 Å². The molecule has 1 amide bonds. The van der Waals surface area contributed by atoms with Gasteiger partial charge in [-0.2, -0.15) is 0 Å². The molecule has 0 heterocycles. The minimum absolute atomic E-state index is 0.197. The molecule has 0 unspecified atom stereocenters. The first kappa shape index (κ1) is 14.8. The highest BCUT2D eigenvalue weighted by atomic mass is 16.5. The first-order valence-electron chi connectivity index (χ1n) is 5.16. The van der Waals surface area contributed by atoms with Crippen LogP contribution in [0.5, 0.6) is 0 Å². The van der Waals surface area contributed by atoms with Crippen LogP contribution >= 0.6 is 0 Å². The fraction of sp³-hybridized carbons (Fsp3) is 0.727. The van der Waals surface area contributed by atoms with Crippen LogP contribution in [-0.4, -0.2) is 68.4 Å². The number of ether oxygens (including phenoxy) is 1. The number of amides is 1. The van der Waals surface area contributed by atoms with Gasteiger partial charge < -0.3 is 14.7 Å². The Kier molecular flexibility index (Phi) is 8.31. The quantitative estimate of drug-likeness (QED) is 0.673. The number of nitrogens with zero attached hydrogens (tertiary/aromatic N) is 2. The maximum absolute atomic E-state index is 11.0. The summed E-state index contributed by atoms with van der Waals surface area (Å²) in [7, 11) is 4.92. The van der Waals surface area contributed by atoms with Gasteiger partial charge in [-0.15, -0.1) is 0 Å². The number of carbonyl (C=O) groups excluding carboxylic acids is 1. The van der Waals surface area contributed by atoms with Crippen molar-refractivity contribution in [3.8, 4) is 11.8 Å². The third-order valence-electron chi connectivity index (χ3n) is 1.97. The Hall–Kier alpha value is -1.25. The predicted octanol–water partition coefficient (Wildman–Crippen LogP) is 0.00220. The normalized spacial score (nSPS) is 9.56. The lowest BCUT2D eigenvalue weighted by molar-refractivity contribution is 0.138. The molecular weight excluding hydrogens is 208 g/mol. The van der Waals surface area contributed by atoms with Gasteiger partial charge in [-0.25, -0.2) is 4.79 Å². The Morgan fingerprint density at radius 3 is 2.50 bits per heavy atom. The zero-order valence-corrected chi connectivity index (χ0v) is 10.2. The maximum atomic E-state index is 11.0. The van der Waals surface area contributed by atoms with E-state index in [-0.39, 0.29) is 12.7 Å². The molecule has 16 heavy (non-hydrogen) atoms. The largest absolute Gasteiger partial charge is 0.453 e. The first-order chi connectivity index (χ1) is 7.61. The molecule has 0 aromatic heterocycles. The molecule has 0 fully saturated rings. The number of rotatable bonds is 5. The van der Waals surface area contributed by atoms with E-state index in [2.05, 4.69) is 16.6 Å².